The highest BCUT2D eigenvalue weighted by molar-refractivity contribution is 7.90. The summed E-state index contributed by atoms with van der Waals surface area (Å²) in [6, 6.07) is 6.43. The molecule has 0 radical (unpaired) electrons. The quantitative estimate of drug-likeness (QED) is 0.762. The van der Waals surface area contributed by atoms with Crippen LogP contribution in [-0.4, -0.2) is 32.1 Å². The molecule has 0 spiro atoms. The average Bonchev–Trinajstić information content (AvgIpc) is 2.27. The third-order valence-electron chi connectivity index (χ3n) is 2.38. The van der Waals surface area contributed by atoms with Gasteiger partial charge in [0.1, 0.15) is 18.2 Å². The van der Waals surface area contributed by atoms with Gasteiger partial charge in [-0.15, -0.1) is 0 Å². The second kappa shape index (κ2) is 4.20. The maximum absolute atomic E-state index is 12.3. The monoisotopic (exact) mass is 264 g/mol. The summed E-state index contributed by atoms with van der Waals surface area (Å²) in [6.07, 6.45) is 0. The van der Waals surface area contributed by atoms with Gasteiger partial charge in [-0.3, -0.25) is 0 Å². The molecule has 7 heteroatoms. The fraction of sp³-hybridized carbons (Fsp3) is 0.333. The molecule has 2 rings (SSSR count). The fourth-order valence-corrected chi connectivity index (χ4v) is 3.19. The lowest BCUT2D eigenvalue weighted by atomic mass is 10.3. The molecule has 1 aromatic rings. The highest BCUT2D eigenvalue weighted by atomic mass is 35.5. The number of alkyl halides is 1. The minimum Gasteiger partial charge on any atom is -0.352 e. The first-order valence-electron chi connectivity index (χ1n) is 4.66. The molecule has 0 aliphatic carbocycles. The van der Waals surface area contributed by atoms with Gasteiger partial charge in [-0.05, 0) is 23.9 Å². The minimum absolute atomic E-state index is 0.0369. The second-order valence-electron chi connectivity index (χ2n) is 3.35. The summed E-state index contributed by atoms with van der Waals surface area (Å²) in [5, 5.41) is 0. The lowest BCUT2D eigenvalue weighted by Crippen LogP contribution is -2.42. The van der Waals surface area contributed by atoms with E-state index in [2.05, 4.69) is 0 Å². The lowest BCUT2D eigenvalue weighted by molar-refractivity contribution is 0.462. The van der Waals surface area contributed by atoms with Crippen LogP contribution in [0.5, 0.6) is 0 Å². The second-order valence-corrected chi connectivity index (χ2v) is 5.79. The van der Waals surface area contributed by atoms with Crippen molar-refractivity contribution >= 4 is 27.5 Å². The molecule has 0 saturated heterocycles. The van der Waals surface area contributed by atoms with Gasteiger partial charge in [-0.2, -0.15) is 0 Å². The molecule has 88 valence electrons. The third-order valence-corrected chi connectivity index (χ3v) is 4.57. The van der Waals surface area contributed by atoms with Gasteiger partial charge < -0.3 is 4.90 Å². The molecule has 1 aromatic carbocycles. The molecule has 0 atom stereocenters. The first-order valence-corrected chi connectivity index (χ1v) is 6.43. The van der Waals surface area contributed by atoms with Gasteiger partial charge in [0.15, 0.2) is 0 Å². The number of sulfonamides is 1. The third kappa shape index (κ3) is 1.77. The predicted molar refractivity (Wildman–Crippen MR) is 59.5 cm³/mol. The Bertz CT molecular complexity index is 494. The number of benzene rings is 1. The lowest BCUT2D eigenvalue weighted by Gasteiger charge is -2.33. The van der Waals surface area contributed by atoms with Crippen molar-refractivity contribution in [3.8, 4) is 0 Å². The van der Waals surface area contributed by atoms with E-state index in [0.717, 1.165) is 0 Å². The number of hydrogen-bond donors (Lipinski definition) is 0. The SMILES string of the molecule is O=S1(=O)c2ccccc2N(CCF)CN1Cl. The first-order chi connectivity index (χ1) is 7.57. The van der Waals surface area contributed by atoms with Crippen molar-refractivity contribution in [1.29, 1.82) is 0 Å². The molecule has 4 nitrogen and oxygen atoms in total. The molecular formula is C9H10ClFN2O2S. The van der Waals surface area contributed by atoms with E-state index in [1.54, 1.807) is 23.1 Å². The molecule has 0 bridgehead atoms. The Labute approximate surface area is 98.4 Å². The van der Waals surface area contributed by atoms with E-state index < -0.39 is 16.7 Å². The van der Waals surface area contributed by atoms with Crippen LogP contribution in [0.15, 0.2) is 29.2 Å². The van der Waals surface area contributed by atoms with Gasteiger partial charge in [0.25, 0.3) is 10.0 Å². The van der Waals surface area contributed by atoms with Crippen LogP contribution in [-0.2, 0) is 10.0 Å². The Kier molecular flexibility index (Phi) is 3.05. The summed E-state index contributed by atoms with van der Waals surface area (Å²) in [4.78, 5) is 1.70. The summed E-state index contributed by atoms with van der Waals surface area (Å²) in [5.74, 6) is 0. The minimum atomic E-state index is -3.64. The predicted octanol–water partition coefficient (Wildman–Crippen LogP) is 1.58. The molecular weight excluding hydrogens is 255 g/mol. The van der Waals surface area contributed by atoms with Gasteiger partial charge in [0, 0.05) is 6.54 Å². The Morgan fingerprint density at radius 1 is 1.38 bits per heavy atom. The molecule has 1 aliphatic heterocycles. The molecule has 0 fully saturated rings. The van der Waals surface area contributed by atoms with E-state index in [4.69, 9.17) is 11.8 Å². The van der Waals surface area contributed by atoms with Crippen LogP contribution in [0.2, 0.25) is 0 Å². The molecule has 0 aromatic heterocycles. The summed E-state index contributed by atoms with van der Waals surface area (Å²) in [5.41, 5.74) is 0.497. The number of rotatable bonds is 2. The Morgan fingerprint density at radius 2 is 2.06 bits per heavy atom. The van der Waals surface area contributed by atoms with Crippen molar-refractivity contribution in [1.82, 2.24) is 3.82 Å². The van der Waals surface area contributed by atoms with Crippen LogP contribution in [0.4, 0.5) is 10.1 Å². The van der Waals surface area contributed by atoms with Crippen molar-refractivity contribution in [3.63, 3.8) is 0 Å². The Morgan fingerprint density at radius 3 is 2.75 bits per heavy atom. The summed E-state index contributed by atoms with van der Waals surface area (Å²) < 4.78 is 36.7. The van der Waals surface area contributed by atoms with Gasteiger partial charge in [0.05, 0.1) is 5.69 Å². The number of fused-ring (bicyclic) bond motifs is 1. The zero-order valence-electron chi connectivity index (χ0n) is 8.31. The van der Waals surface area contributed by atoms with Crippen LogP contribution in [0.1, 0.15) is 0 Å². The van der Waals surface area contributed by atoms with Crippen LogP contribution < -0.4 is 4.90 Å². The number of nitrogens with zero attached hydrogens (tertiary/aromatic N) is 2. The Hall–Kier alpha value is -0.850. The van der Waals surface area contributed by atoms with Crippen molar-refractivity contribution in [2.24, 2.45) is 0 Å². The van der Waals surface area contributed by atoms with E-state index in [1.807, 2.05) is 0 Å². The van der Waals surface area contributed by atoms with E-state index in [9.17, 15) is 12.8 Å². The van der Waals surface area contributed by atoms with Crippen LogP contribution in [0.3, 0.4) is 0 Å². The van der Waals surface area contributed by atoms with Crippen LogP contribution in [0, 0.1) is 0 Å². The number of hydrogen-bond acceptors (Lipinski definition) is 3. The number of para-hydroxylation sites is 1. The van der Waals surface area contributed by atoms with Gasteiger partial charge in [0.2, 0.25) is 0 Å². The average molecular weight is 265 g/mol. The van der Waals surface area contributed by atoms with Crippen molar-refractivity contribution in [2.75, 3.05) is 24.8 Å². The molecule has 0 saturated carbocycles. The molecule has 16 heavy (non-hydrogen) atoms. The number of anilines is 1. The van der Waals surface area contributed by atoms with E-state index in [0.29, 0.717) is 9.51 Å². The molecule has 0 unspecified atom stereocenters. The van der Waals surface area contributed by atoms with Gasteiger partial charge in [-0.25, -0.2) is 12.8 Å². The summed E-state index contributed by atoms with van der Waals surface area (Å²) >= 11 is 5.65. The molecule has 0 amide bonds. The van der Waals surface area contributed by atoms with Gasteiger partial charge >= 0.3 is 0 Å². The first kappa shape index (κ1) is 11.6. The topological polar surface area (TPSA) is 40.6 Å². The van der Waals surface area contributed by atoms with Crippen molar-refractivity contribution in [2.45, 2.75) is 4.90 Å². The molecule has 1 aliphatic rings. The van der Waals surface area contributed by atoms with Crippen LogP contribution >= 0.6 is 11.8 Å². The summed E-state index contributed by atoms with van der Waals surface area (Å²) in [6.45, 7) is -0.473. The zero-order valence-corrected chi connectivity index (χ0v) is 9.88. The van der Waals surface area contributed by atoms with Crippen molar-refractivity contribution < 1.29 is 12.8 Å². The fourth-order valence-electron chi connectivity index (χ4n) is 1.62. The van der Waals surface area contributed by atoms with E-state index >= 15 is 0 Å². The zero-order chi connectivity index (χ0) is 11.8. The maximum Gasteiger partial charge on any atom is 0.260 e. The largest absolute Gasteiger partial charge is 0.352 e. The molecule has 1 heterocycles. The molecule has 0 N–H and O–H groups in total. The van der Waals surface area contributed by atoms with Crippen LogP contribution in [0.25, 0.3) is 0 Å². The highest BCUT2D eigenvalue weighted by Crippen LogP contribution is 2.33. The highest BCUT2D eigenvalue weighted by Gasteiger charge is 2.33. The maximum atomic E-state index is 12.3. The standard InChI is InChI=1S/C9H10ClFN2O2S/c10-13-7-12(6-5-11)8-3-1-2-4-9(8)16(13,14)15/h1-4H,5-7H2. The van der Waals surface area contributed by atoms with E-state index in [1.165, 1.54) is 6.07 Å². The van der Waals surface area contributed by atoms with Gasteiger partial charge in [-0.1, -0.05) is 16.0 Å². The number of halogens is 2. The summed E-state index contributed by atoms with van der Waals surface area (Å²) in [7, 11) is -3.64. The van der Waals surface area contributed by atoms with Crippen molar-refractivity contribution in [3.05, 3.63) is 24.3 Å². The van der Waals surface area contributed by atoms with E-state index in [-0.39, 0.29) is 18.1 Å². The normalized spacial score (nSPS) is 19.5. The Balaban J connectivity index is 2.54. The smallest absolute Gasteiger partial charge is 0.260 e.